The molecule has 31 heavy (non-hydrogen) atoms. The summed E-state index contributed by atoms with van der Waals surface area (Å²) in [6, 6.07) is 16.2. The van der Waals surface area contributed by atoms with Crippen LogP contribution in [-0.4, -0.2) is 35.4 Å². The number of hydrogen-bond donors (Lipinski definition) is 2. The van der Waals surface area contributed by atoms with Crippen LogP contribution < -0.4 is 10.1 Å². The molecule has 166 valence electrons. The summed E-state index contributed by atoms with van der Waals surface area (Å²) in [7, 11) is 0. The lowest BCUT2D eigenvalue weighted by Crippen LogP contribution is -2.44. The predicted octanol–water partition coefficient (Wildman–Crippen LogP) is 4.94. The summed E-state index contributed by atoms with van der Waals surface area (Å²) in [6.45, 7) is 9.17. The zero-order valence-corrected chi connectivity index (χ0v) is 18.3. The van der Waals surface area contributed by atoms with Crippen molar-refractivity contribution in [1.82, 2.24) is 5.32 Å². The molecule has 0 saturated heterocycles. The number of carboxylic acid groups (broad SMARTS) is 1. The minimum absolute atomic E-state index is 0.110. The highest BCUT2D eigenvalue weighted by Gasteiger charge is 2.26. The van der Waals surface area contributed by atoms with Gasteiger partial charge in [0.25, 0.3) is 0 Å². The molecule has 2 rings (SSSR count). The van der Waals surface area contributed by atoms with Crippen molar-refractivity contribution >= 4 is 18.1 Å². The molecule has 0 aromatic heterocycles. The first kappa shape index (κ1) is 24.0. The molecule has 2 atom stereocenters. The monoisotopic (exact) mass is 425 g/mol. The van der Waals surface area contributed by atoms with E-state index in [4.69, 9.17) is 9.47 Å². The first-order valence-electron chi connectivity index (χ1n) is 10.3. The molecule has 1 amide bonds. The summed E-state index contributed by atoms with van der Waals surface area (Å²) in [5, 5.41) is 12.5. The molecule has 0 aliphatic heterocycles. The molecule has 6 nitrogen and oxygen atoms in total. The van der Waals surface area contributed by atoms with Gasteiger partial charge in [-0.2, -0.15) is 0 Å². The lowest BCUT2D eigenvalue weighted by Gasteiger charge is -2.25. The predicted molar refractivity (Wildman–Crippen MR) is 121 cm³/mol. The number of ether oxygens (including phenoxy) is 2. The molecule has 2 aromatic carbocycles. The van der Waals surface area contributed by atoms with Crippen LogP contribution in [0, 0.1) is 5.92 Å². The van der Waals surface area contributed by atoms with Crippen LogP contribution in [0.1, 0.15) is 38.3 Å². The largest absolute Gasteiger partial charge is 0.491 e. The fraction of sp³-hybridized carbons (Fsp3) is 0.360. The van der Waals surface area contributed by atoms with E-state index in [1.165, 1.54) is 0 Å². The number of hydrogen-bond acceptors (Lipinski definition) is 4. The number of amides is 1. The van der Waals surface area contributed by atoms with Crippen molar-refractivity contribution in [2.45, 2.75) is 45.3 Å². The summed E-state index contributed by atoms with van der Waals surface area (Å²) in [4.78, 5) is 24.3. The van der Waals surface area contributed by atoms with Crippen LogP contribution in [-0.2, 0) is 16.0 Å². The molecular formula is C25H31NO5. The highest BCUT2D eigenvalue weighted by molar-refractivity contribution is 5.71. The highest BCUT2D eigenvalue weighted by atomic mass is 16.6. The SMILES string of the molecule is C=Cc1cccc(OC[C@H](CC(Cc2ccccc2)C(=O)O)NC(=O)OC(C)(C)C)c1. The van der Waals surface area contributed by atoms with Crippen LogP contribution in [0.2, 0.25) is 0 Å². The van der Waals surface area contributed by atoms with Crippen LogP contribution in [0.3, 0.4) is 0 Å². The zero-order chi connectivity index (χ0) is 22.9. The molecule has 1 unspecified atom stereocenters. The third-order valence-corrected chi connectivity index (χ3v) is 4.51. The van der Waals surface area contributed by atoms with Gasteiger partial charge < -0.3 is 19.9 Å². The molecule has 0 bridgehead atoms. The molecule has 0 heterocycles. The Morgan fingerprint density at radius 2 is 1.84 bits per heavy atom. The van der Waals surface area contributed by atoms with Gasteiger partial charge in [0.1, 0.15) is 18.0 Å². The van der Waals surface area contributed by atoms with Crippen LogP contribution in [0.15, 0.2) is 61.2 Å². The van der Waals surface area contributed by atoms with Gasteiger partial charge in [-0.25, -0.2) is 4.79 Å². The van der Waals surface area contributed by atoms with E-state index < -0.39 is 29.6 Å². The number of alkyl carbamates (subject to hydrolysis) is 1. The number of carbonyl (C=O) groups is 2. The Morgan fingerprint density at radius 1 is 1.13 bits per heavy atom. The second-order valence-corrected chi connectivity index (χ2v) is 8.39. The van der Waals surface area contributed by atoms with Crippen molar-refractivity contribution in [3.05, 3.63) is 72.3 Å². The van der Waals surface area contributed by atoms with Crippen molar-refractivity contribution in [3.63, 3.8) is 0 Å². The van der Waals surface area contributed by atoms with Crippen molar-refractivity contribution in [2.75, 3.05) is 6.61 Å². The molecule has 0 radical (unpaired) electrons. The summed E-state index contributed by atoms with van der Waals surface area (Å²) in [5.41, 5.74) is 1.16. The van der Waals surface area contributed by atoms with Crippen LogP contribution in [0.4, 0.5) is 4.79 Å². The van der Waals surface area contributed by atoms with Gasteiger partial charge in [0, 0.05) is 0 Å². The molecule has 0 saturated carbocycles. The van der Waals surface area contributed by atoms with Gasteiger partial charge in [0.05, 0.1) is 12.0 Å². The maximum absolute atomic E-state index is 12.3. The van der Waals surface area contributed by atoms with Gasteiger partial charge in [-0.05, 0) is 56.9 Å². The fourth-order valence-corrected chi connectivity index (χ4v) is 3.08. The summed E-state index contributed by atoms with van der Waals surface area (Å²) < 4.78 is 11.2. The number of carboxylic acids is 1. The van der Waals surface area contributed by atoms with Crippen molar-refractivity contribution in [2.24, 2.45) is 5.92 Å². The Morgan fingerprint density at radius 3 is 2.45 bits per heavy atom. The normalized spacial score (nSPS) is 13.0. The molecule has 2 aromatic rings. The quantitative estimate of drug-likeness (QED) is 0.563. The first-order valence-corrected chi connectivity index (χ1v) is 10.3. The number of nitrogens with one attached hydrogen (secondary N) is 1. The first-order chi connectivity index (χ1) is 14.7. The molecule has 6 heteroatoms. The van der Waals surface area contributed by atoms with E-state index in [0.29, 0.717) is 12.2 Å². The van der Waals surface area contributed by atoms with Crippen LogP contribution in [0.25, 0.3) is 6.08 Å². The average molecular weight is 426 g/mol. The number of benzene rings is 2. The van der Waals surface area contributed by atoms with E-state index in [0.717, 1.165) is 11.1 Å². The molecule has 0 fully saturated rings. The maximum atomic E-state index is 12.3. The van der Waals surface area contributed by atoms with E-state index in [2.05, 4.69) is 11.9 Å². The topological polar surface area (TPSA) is 84.9 Å². The van der Waals surface area contributed by atoms with Gasteiger partial charge in [0.15, 0.2) is 0 Å². The van der Waals surface area contributed by atoms with Gasteiger partial charge in [-0.1, -0.05) is 55.1 Å². The smallest absolute Gasteiger partial charge is 0.407 e. The van der Waals surface area contributed by atoms with E-state index in [-0.39, 0.29) is 13.0 Å². The summed E-state index contributed by atoms with van der Waals surface area (Å²) >= 11 is 0. The van der Waals surface area contributed by atoms with E-state index in [9.17, 15) is 14.7 Å². The Kier molecular flexibility index (Phi) is 8.67. The average Bonchev–Trinajstić information content (AvgIpc) is 2.71. The van der Waals surface area contributed by atoms with Gasteiger partial charge in [-0.3, -0.25) is 4.79 Å². The second-order valence-electron chi connectivity index (χ2n) is 8.39. The Balaban J connectivity index is 2.12. The third kappa shape index (κ3) is 8.95. The summed E-state index contributed by atoms with van der Waals surface area (Å²) in [5.74, 6) is -0.998. The molecule has 0 aliphatic carbocycles. The van der Waals surface area contributed by atoms with E-state index >= 15 is 0 Å². The molecular weight excluding hydrogens is 394 g/mol. The number of rotatable bonds is 10. The van der Waals surface area contributed by atoms with Gasteiger partial charge >= 0.3 is 12.1 Å². The fourth-order valence-electron chi connectivity index (χ4n) is 3.08. The van der Waals surface area contributed by atoms with Crippen LogP contribution >= 0.6 is 0 Å². The minimum Gasteiger partial charge on any atom is -0.491 e. The van der Waals surface area contributed by atoms with Crippen molar-refractivity contribution in [3.8, 4) is 5.75 Å². The van der Waals surface area contributed by atoms with Crippen LogP contribution in [0.5, 0.6) is 5.75 Å². The standard InChI is InChI=1S/C25H31NO5/c1-5-18-12-9-13-22(15-18)30-17-21(26-24(29)31-25(2,3)4)16-20(23(27)28)14-19-10-7-6-8-11-19/h5-13,15,20-21H,1,14,16-17H2,2-4H3,(H,26,29)(H,27,28)/t20?,21-/m0/s1. The van der Waals surface area contributed by atoms with Crippen molar-refractivity contribution in [1.29, 1.82) is 0 Å². The maximum Gasteiger partial charge on any atom is 0.407 e. The Labute approximate surface area is 183 Å². The minimum atomic E-state index is -0.923. The van der Waals surface area contributed by atoms with Crippen molar-refractivity contribution < 1.29 is 24.2 Å². The van der Waals surface area contributed by atoms with E-state index in [1.54, 1.807) is 32.9 Å². The van der Waals surface area contributed by atoms with E-state index in [1.807, 2.05) is 48.5 Å². The highest BCUT2D eigenvalue weighted by Crippen LogP contribution is 2.19. The number of aliphatic carboxylic acids is 1. The molecule has 2 N–H and O–H groups in total. The van der Waals surface area contributed by atoms with Gasteiger partial charge in [0.2, 0.25) is 0 Å². The number of carbonyl (C=O) groups excluding carboxylic acids is 1. The zero-order valence-electron chi connectivity index (χ0n) is 18.3. The Hall–Kier alpha value is -3.28. The molecule has 0 aliphatic rings. The van der Waals surface area contributed by atoms with Gasteiger partial charge in [-0.15, -0.1) is 0 Å². The summed E-state index contributed by atoms with van der Waals surface area (Å²) in [6.07, 6.45) is 1.66. The lowest BCUT2D eigenvalue weighted by molar-refractivity contribution is -0.142. The second kappa shape index (κ2) is 11.2. The molecule has 0 spiro atoms. The lowest BCUT2D eigenvalue weighted by atomic mass is 9.93. The third-order valence-electron chi connectivity index (χ3n) is 4.51. The Bertz CT molecular complexity index is 873.